The van der Waals surface area contributed by atoms with Crippen LogP contribution in [0, 0.1) is 0 Å². The lowest BCUT2D eigenvalue weighted by Crippen LogP contribution is -2.26. The molecular weight excluding hydrogens is 180 g/mol. The van der Waals surface area contributed by atoms with Gasteiger partial charge in [0.2, 0.25) is 0 Å². The summed E-state index contributed by atoms with van der Waals surface area (Å²) in [5.74, 6) is -0.418. The molecule has 1 unspecified atom stereocenters. The third kappa shape index (κ3) is 3.14. The van der Waals surface area contributed by atoms with E-state index in [2.05, 4.69) is 4.98 Å². The van der Waals surface area contributed by atoms with Gasteiger partial charge in [-0.25, -0.2) is 4.79 Å². The number of hydrogen-bond donors (Lipinski definition) is 1. The molecule has 2 N–H and O–H groups in total. The van der Waals surface area contributed by atoms with Gasteiger partial charge in [0, 0.05) is 12.4 Å². The third-order valence-corrected chi connectivity index (χ3v) is 1.73. The van der Waals surface area contributed by atoms with E-state index in [0.717, 1.165) is 6.42 Å². The van der Waals surface area contributed by atoms with Crippen molar-refractivity contribution in [2.45, 2.75) is 26.0 Å². The van der Waals surface area contributed by atoms with Crippen LogP contribution in [0.15, 0.2) is 24.5 Å². The molecule has 1 atom stereocenters. The number of rotatable bonds is 4. The monoisotopic (exact) mass is 194 g/mol. The summed E-state index contributed by atoms with van der Waals surface area (Å²) in [5, 5.41) is 0. The minimum Gasteiger partial charge on any atom is -0.443 e. The van der Waals surface area contributed by atoms with Crippen molar-refractivity contribution in [2.75, 3.05) is 0 Å². The lowest BCUT2D eigenvalue weighted by molar-refractivity contribution is 0.0296. The first-order valence-corrected chi connectivity index (χ1v) is 4.60. The molecule has 0 aliphatic rings. The van der Waals surface area contributed by atoms with Gasteiger partial charge in [0.15, 0.2) is 6.23 Å². The van der Waals surface area contributed by atoms with Crippen LogP contribution >= 0.6 is 0 Å². The molecule has 0 bridgehead atoms. The predicted molar refractivity (Wildman–Crippen MR) is 52.5 cm³/mol. The maximum Gasteiger partial charge on any atom is 0.341 e. The molecule has 0 saturated carbocycles. The Morgan fingerprint density at radius 2 is 2.50 bits per heavy atom. The van der Waals surface area contributed by atoms with Crippen LogP contribution in [-0.4, -0.2) is 17.2 Å². The Balaban J connectivity index is 2.51. The topological polar surface area (TPSA) is 65.2 Å². The van der Waals surface area contributed by atoms with Crippen molar-refractivity contribution in [3.8, 4) is 0 Å². The number of nitrogens with two attached hydrogens (primary N) is 1. The first-order chi connectivity index (χ1) is 6.74. The SMILES string of the molecule is CCCC(N)OC(=O)c1cccnc1. The quantitative estimate of drug-likeness (QED) is 0.580. The van der Waals surface area contributed by atoms with Gasteiger partial charge in [0.05, 0.1) is 5.56 Å². The van der Waals surface area contributed by atoms with Gasteiger partial charge >= 0.3 is 5.97 Å². The Bertz CT molecular complexity index is 287. The van der Waals surface area contributed by atoms with Crippen LogP contribution in [0.1, 0.15) is 30.1 Å². The lowest BCUT2D eigenvalue weighted by Gasteiger charge is -2.11. The van der Waals surface area contributed by atoms with Crippen LogP contribution in [0.25, 0.3) is 0 Å². The third-order valence-electron chi connectivity index (χ3n) is 1.73. The molecule has 4 heteroatoms. The van der Waals surface area contributed by atoms with E-state index < -0.39 is 12.2 Å². The van der Waals surface area contributed by atoms with Crippen molar-refractivity contribution >= 4 is 5.97 Å². The van der Waals surface area contributed by atoms with E-state index in [0.29, 0.717) is 12.0 Å². The van der Waals surface area contributed by atoms with E-state index in [-0.39, 0.29) is 0 Å². The smallest absolute Gasteiger partial charge is 0.341 e. The van der Waals surface area contributed by atoms with E-state index in [1.165, 1.54) is 6.20 Å². The molecule has 1 heterocycles. The number of esters is 1. The van der Waals surface area contributed by atoms with Crippen LogP contribution in [-0.2, 0) is 4.74 Å². The minimum absolute atomic E-state index is 0.418. The molecule has 0 aromatic carbocycles. The molecule has 0 aliphatic heterocycles. The highest BCUT2D eigenvalue weighted by Gasteiger charge is 2.10. The second-order valence-electron chi connectivity index (χ2n) is 2.97. The Labute approximate surface area is 83.1 Å². The summed E-state index contributed by atoms with van der Waals surface area (Å²) in [6, 6.07) is 3.33. The summed E-state index contributed by atoms with van der Waals surface area (Å²) < 4.78 is 4.98. The average molecular weight is 194 g/mol. The highest BCUT2D eigenvalue weighted by Crippen LogP contribution is 2.02. The van der Waals surface area contributed by atoms with Crippen molar-refractivity contribution in [1.29, 1.82) is 0 Å². The number of hydrogen-bond acceptors (Lipinski definition) is 4. The van der Waals surface area contributed by atoms with E-state index >= 15 is 0 Å². The van der Waals surface area contributed by atoms with Crippen LogP contribution in [0.4, 0.5) is 0 Å². The van der Waals surface area contributed by atoms with E-state index in [1.807, 2.05) is 6.92 Å². The Morgan fingerprint density at radius 3 is 3.07 bits per heavy atom. The zero-order chi connectivity index (χ0) is 10.4. The van der Waals surface area contributed by atoms with E-state index in [4.69, 9.17) is 10.5 Å². The number of aromatic nitrogens is 1. The largest absolute Gasteiger partial charge is 0.443 e. The van der Waals surface area contributed by atoms with Crippen molar-refractivity contribution in [2.24, 2.45) is 5.73 Å². The van der Waals surface area contributed by atoms with Gasteiger partial charge in [-0.2, -0.15) is 0 Å². The summed E-state index contributed by atoms with van der Waals surface area (Å²) in [7, 11) is 0. The van der Waals surface area contributed by atoms with Crippen LogP contribution in [0.5, 0.6) is 0 Å². The Hall–Kier alpha value is -1.42. The number of nitrogens with zero attached hydrogens (tertiary/aromatic N) is 1. The number of carbonyl (C=O) groups excluding carboxylic acids is 1. The molecule has 0 radical (unpaired) electrons. The zero-order valence-corrected chi connectivity index (χ0v) is 8.14. The number of carbonyl (C=O) groups is 1. The molecule has 0 fully saturated rings. The van der Waals surface area contributed by atoms with Crippen molar-refractivity contribution in [1.82, 2.24) is 4.98 Å². The number of pyridine rings is 1. The highest BCUT2D eigenvalue weighted by atomic mass is 16.6. The fourth-order valence-corrected chi connectivity index (χ4v) is 1.03. The van der Waals surface area contributed by atoms with Gasteiger partial charge in [-0.3, -0.25) is 10.7 Å². The van der Waals surface area contributed by atoms with Gasteiger partial charge in [0.25, 0.3) is 0 Å². The summed E-state index contributed by atoms with van der Waals surface area (Å²) >= 11 is 0. The molecule has 4 nitrogen and oxygen atoms in total. The normalized spacial score (nSPS) is 12.1. The van der Waals surface area contributed by atoms with Gasteiger partial charge in [-0.15, -0.1) is 0 Å². The molecule has 14 heavy (non-hydrogen) atoms. The maximum absolute atomic E-state index is 11.4. The van der Waals surface area contributed by atoms with Crippen molar-refractivity contribution in [3.05, 3.63) is 30.1 Å². The Morgan fingerprint density at radius 1 is 1.71 bits per heavy atom. The second-order valence-corrected chi connectivity index (χ2v) is 2.97. The lowest BCUT2D eigenvalue weighted by atomic mass is 10.3. The molecule has 0 amide bonds. The van der Waals surface area contributed by atoms with Crippen LogP contribution in [0.3, 0.4) is 0 Å². The van der Waals surface area contributed by atoms with Crippen molar-refractivity contribution in [3.63, 3.8) is 0 Å². The first-order valence-electron chi connectivity index (χ1n) is 4.60. The van der Waals surface area contributed by atoms with Gasteiger partial charge < -0.3 is 4.74 Å². The first kappa shape index (κ1) is 10.7. The second kappa shape index (κ2) is 5.34. The molecule has 0 saturated heterocycles. The standard InChI is InChI=1S/C10H14N2O2/c1-2-4-9(11)14-10(13)8-5-3-6-12-7-8/h3,5-7,9H,2,4,11H2,1H3. The Kier molecular flexibility index (Phi) is 4.07. The molecule has 0 aliphatic carbocycles. The maximum atomic E-state index is 11.4. The predicted octanol–water partition coefficient (Wildman–Crippen LogP) is 1.32. The summed E-state index contributed by atoms with van der Waals surface area (Å²) in [5.41, 5.74) is 5.99. The molecule has 1 rings (SSSR count). The van der Waals surface area contributed by atoms with E-state index in [9.17, 15) is 4.79 Å². The fraction of sp³-hybridized carbons (Fsp3) is 0.400. The van der Waals surface area contributed by atoms with Gasteiger partial charge in [-0.05, 0) is 18.6 Å². The molecular formula is C10H14N2O2. The fourth-order valence-electron chi connectivity index (χ4n) is 1.03. The number of ether oxygens (including phenoxy) is 1. The molecule has 0 spiro atoms. The minimum atomic E-state index is -0.521. The molecule has 1 aromatic heterocycles. The zero-order valence-electron chi connectivity index (χ0n) is 8.14. The van der Waals surface area contributed by atoms with Crippen LogP contribution in [0.2, 0.25) is 0 Å². The van der Waals surface area contributed by atoms with Crippen molar-refractivity contribution < 1.29 is 9.53 Å². The van der Waals surface area contributed by atoms with E-state index in [1.54, 1.807) is 18.3 Å². The summed E-state index contributed by atoms with van der Waals surface area (Å²) in [4.78, 5) is 15.2. The average Bonchev–Trinajstić information content (AvgIpc) is 2.19. The van der Waals surface area contributed by atoms with Gasteiger partial charge in [0.1, 0.15) is 0 Å². The molecule has 1 aromatic rings. The summed E-state index contributed by atoms with van der Waals surface area (Å²) in [6.07, 6.45) is 4.10. The highest BCUT2D eigenvalue weighted by molar-refractivity contribution is 5.88. The van der Waals surface area contributed by atoms with Gasteiger partial charge in [-0.1, -0.05) is 13.3 Å². The molecule has 76 valence electrons. The van der Waals surface area contributed by atoms with Crippen LogP contribution < -0.4 is 5.73 Å². The summed E-state index contributed by atoms with van der Waals surface area (Å²) in [6.45, 7) is 1.98.